The van der Waals surface area contributed by atoms with Crippen molar-refractivity contribution in [3.63, 3.8) is 0 Å². The zero-order valence-electron chi connectivity index (χ0n) is 15.6. The van der Waals surface area contributed by atoms with E-state index in [2.05, 4.69) is 15.4 Å². The number of aryl methyl sites for hydroxylation is 1. The topological polar surface area (TPSA) is 72.7 Å². The third kappa shape index (κ3) is 3.50. The number of carbonyl (C=O) groups is 1. The second kappa shape index (κ2) is 7.33. The standard InChI is InChI=1S/C20H18ClN5OS/c1-11(2)26-19-15(10-23-26)14(8-16(24-19)17-6-4-12(3)28-17)20(27)25-18-7-5-13(21)9-22-18/h4-11H,1-3H3,(H,22,25,27). The number of amides is 1. The van der Waals surface area contributed by atoms with Crippen LogP contribution >= 0.6 is 22.9 Å². The molecule has 0 fully saturated rings. The smallest absolute Gasteiger partial charge is 0.257 e. The Morgan fingerprint density at radius 2 is 2.04 bits per heavy atom. The molecular weight excluding hydrogens is 394 g/mol. The molecular formula is C20H18ClN5OS. The van der Waals surface area contributed by atoms with Crippen LogP contribution in [0.5, 0.6) is 0 Å². The molecule has 0 spiro atoms. The average molecular weight is 412 g/mol. The SMILES string of the molecule is Cc1ccc(-c2cc(C(=O)Nc3ccc(Cl)cn3)c3cnn(C(C)C)c3n2)s1. The predicted octanol–water partition coefficient (Wildman–Crippen LogP) is 5.35. The van der Waals surface area contributed by atoms with Gasteiger partial charge < -0.3 is 5.32 Å². The molecule has 142 valence electrons. The highest BCUT2D eigenvalue weighted by molar-refractivity contribution is 7.15. The number of nitrogens with one attached hydrogen (secondary N) is 1. The van der Waals surface area contributed by atoms with E-state index < -0.39 is 0 Å². The van der Waals surface area contributed by atoms with Crippen LogP contribution in [0.1, 0.15) is 35.1 Å². The Hall–Kier alpha value is -2.77. The Labute approximate surface area is 171 Å². The maximum atomic E-state index is 13.0. The normalized spacial score (nSPS) is 11.3. The van der Waals surface area contributed by atoms with Crippen molar-refractivity contribution in [3.8, 4) is 10.6 Å². The quantitative estimate of drug-likeness (QED) is 0.491. The Kier molecular flexibility index (Phi) is 4.87. The minimum absolute atomic E-state index is 0.124. The van der Waals surface area contributed by atoms with Crippen molar-refractivity contribution in [2.24, 2.45) is 0 Å². The molecule has 0 radical (unpaired) electrons. The van der Waals surface area contributed by atoms with Gasteiger partial charge in [-0.05, 0) is 51.1 Å². The molecule has 4 aromatic heterocycles. The third-order valence-corrected chi connectivity index (χ3v) is 5.51. The number of thiophene rings is 1. The van der Waals surface area contributed by atoms with Crippen molar-refractivity contribution in [1.29, 1.82) is 0 Å². The molecule has 8 heteroatoms. The number of carbonyl (C=O) groups excluding carboxylic acids is 1. The van der Waals surface area contributed by atoms with Gasteiger partial charge in [-0.3, -0.25) is 4.79 Å². The Morgan fingerprint density at radius 1 is 1.21 bits per heavy atom. The van der Waals surface area contributed by atoms with Crippen LogP contribution in [0.15, 0.2) is 42.7 Å². The molecule has 0 unspecified atom stereocenters. The van der Waals surface area contributed by atoms with Crippen LogP contribution in [0.3, 0.4) is 0 Å². The van der Waals surface area contributed by atoms with E-state index in [1.165, 1.54) is 11.1 Å². The summed E-state index contributed by atoms with van der Waals surface area (Å²) in [7, 11) is 0. The summed E-state index contributed by atoms with van der Waals surface area (Å²) in [6.45, 7) is 6.12. The van der Waals surface area contributed by atoms with Crippen molar-refractivity contribution in [3.05, 3.63) is 58.2 Å². The van der Waals surface area contributed by atoms with Gasteiger partial charge in [0.05, 0.1) is 32.7 Å². The van der Waals surface area contributed by atoms with Crippen LogP contribution in [-0.4, -0.2) is 25.7 Å². The van der Waals surface area contributed by atoms with E-state index in [0.29, 0.717) is 27.4 Å². The number of hydrogen-bond donors (Lipinski definition) is 1. The van der Waals surface area contributed by atoms with Crippen LogP contribution in [-0.2, 0) is 0 Å². The van der Waals surface area contributed by atoms with Gasteiger partial charge in [-0.15, -0.1) is 11.3 Å². The molecule has 0 aliphatic carbocycles. The molecule has 6 nitrogen and oxygen atoms in total. The summed E-state index contributed by atoms with van der Waals surface area (Å²) in [5.41, 5.74) is 1.95. The second-order valence-electron chi connectivity index (χ2n) is 6.70. The fourth-order valence-corrected chi connectivity index (χ4v) is 3.86. The summed E-state index contributed by atoms with van der Waals surface area (Å²) in [6.07, 6.45) is 3.19. The lowest BCUT2D eigenvalue weighted by Crippen LogP contribution is -2.14. The van der Waals surface area contributed by atoms with Gasteiger partial charge in [0.15, 0.2) is 5.65 Å². The van der Waals surface area contributed by atoms with Gasteiger partial charge in [0, 0.05) is 17.1 Å². The monoisotopic (exact) mass is 411 g/mol. The first-order valence-electron chi connectivity index (χ1n) is 8.80. The second-order valence-corrected chi connectivity index (χ2v) is 8.43. The highest BCUT2D eigenvalue weighted by atomic mass is 35.5. The molecule has 0 saturated carbocycles. The summed E-state index contributed by atoms with van der Waals surface area (Å²) in [6, 6.07) is 9.35. The van der Waals surface area contributed by atoms with Gasteiger partial charge in [-0.2, -0.15) is 5.10 Å². The maximum Gasteiger partial charge on any atom is 0.257 e. The highest BCUT2D eigenvalue weighted by Crippen LogP contribution is 2.31. The van der Waals surface area contributed by atoms with Gasteiger partial charge >= 0.3 is 0 Å². The Morgan fingerprint density at radius 3 is 2.68 bits per heavy atom. The number of pyridine rings is 2. The fourth-order valence-electron chi connectivity index (χ4n) is 2.92. The van der Waals surface area contributed by atoms with E-state index in [1.807, 2.05) is 43.7 Å². The van der Waals surface area contributed by atoms with E-state index in [4.69, 9.17) is 16.6 Å². The van der Waals surface area contributed by atoms with Crippen molar-refractivity contribution in [2.45, 2.75) is 26.8 Å². The first-order chi connectivity index (χ1) is 13.4. The molecule has 1 N–H and O–H groups in total. The van der Waals surface area contributed by atoms with Crippen LogP contribution in [0.4, 0.5) is 5.82 Å². The molecule has 4 rings (SSSR count). The number of rotatable bonds is 4. The lowest BCUT2D eigenvalue weighted by Gasteiger charge is -2.10. The van der Waals surface area contributed by atoms with Gasteiger partial charge in [-0.25, -0.2) is 14.6 Å². The van der Waals surface area contributed by atoms with Crippen molar-refractivity contribution in [1.82, 2.24) is 19.7 Å². The van der Waals surface area contributed by atoms with E-state index in [-0.39, 0.29) is 11.9 Å². The van der Waals surface area contributed by atoms with Gasteiger partial charge in [0.2, 0.25) is 0 Å². The van der Waals surface area contributed by atoms with E-state index in [0.717, 1.165) is 10.6 Å². The summed E-state index contributed by atoms with van der Waals surface area (Å²) in [4.78, 5) is 24.2. The number of aromatic nitrogens is 4. The molecule has 0 aliphatic heterocycles. The van der Waals surface area contributed by atoms with E-state index in [9.17, 15) is 4.79 Å². The summed E-state index contributed by atoms with van der Waals surface area (Å²) in [5, 5.41) is 8.49. The number of nitrogens with zero attached hydrogens (tertiary/aromatic N) is 4. The molecule has 0 saturated heterocycles. The Balaban J connectivity index is 1.83. The van der Waals surface area contributed by atoms with Crippen molar-refractivity contribution < 1.29 is 4.79 Å². The number of halogens is 1. The number of fused-ring (bicyclic) bond motifs is 1. The first-order valence-corrected chi connectivity index (χ1v) is 10.00. The number of hydrogen-bond acceptors (Lipinski definition) is 5. The van der Waals surface area contributed by atoms with Crippen LogP contribution in [0, 0.1) is 6.92 Å². The lowest BCUT2D eigenvalue weighted by atomic mass is 10.1. The van der Waals surface area contributed by atoms with Crippen molar-refractivity contribution >= 4 is 45.7 Å². The first kappa shape index (κ1) is 18.6. The number of anilines is 1. The van der Waals surface area contributed by atoms with Gasteiger partial charge in [-0.1, -0.05) is 11.6 Å². The van der Waals surface area contributed by atoms with Crippen LogP contribution < -0.4 is 5.32 Å². The minimum Gasteiger partial charge on any atom is -0.307 e. The van der Waals surface area contributed by atoms with Gasteiger partial charge in [0.25, 0.3) is 5.91 Å². The average Bonchev–Trinajstić information content (AvgIpc) is 3.29. The Bertz CT molecular complexity index is 1160. The maximum absolute atomic E-state index is 13.0. The highest BCUT2D eigenvalue weighted by Gasteiger charge is 2.19. The zero-order chi connectivity index (χ0) is 19.8. The summed E-state index contributed by atoms with van der Waals surface area (Å²) < 4.78 is 1.83. The molecule has 1 amide bonds. The zero-order valence-corrected chi connectivity index (χ0v) is 17.2. The molecule has 0 aromatic carbocycles. The third-order valence-electron chi connectivity index (χ3n) is 4.26. The largest absolute Gasteiger partial charge is 0.307 e. The lowest BCUT2D eigenvalue weighted by molar-refractivity contribution is 0.102. The minimum atomic E-state index is -0.264. The molecule has 4 aromatic rings. The van der Waals surface area contributed by atoms with Crippen molar-refractivity contribution in [2.75, 3.05) is 5.32 Å². The molecule has 28 heavy (non-hydrogen) atoms. The molecule has 0 aliphatic rings. The molecule has 0 bridgehead atoms. The summed E-state index contributed by atoms with van der Waals surface area (Å²) >= 11 is 7.51. The van der Waals surface area contributed by atoms with E-state index >= 15 is 0 Å². The fraction of sp³-hybridized carbons (Fsp3) is 0.200. The summed E-state index contributed by atoms with van der Waals surface area (Å²) in [5.74, 6) is 0.171. The predicted molar refractivity (Wildman–Crippen MR) is 113 cm³/mol. The van der Waals surface area contributed by atoms with Crippen LogP contribution in [0.25, 0.3) is 21.6 Å². The molecule has 0 atom stereocenters. The van der Waals surface area contributed by atoms with Gasteiger partial charge in [0.1, 0.15) is 5.82 Å². The van der Waals surface area contributed by atoms with Crippen LogP contribution in [0.2, 0.25) is 5.02 Å². The van der Waals surface area contributed by atoms with E-state index in [1.54, 1.807) is 29.7 Å². The molecule has 4 heterocycles.